The number of esters is 1. The van der Waals surface area contributed by atoms with Crippen molar-refractivity contribution >= 4 is 29.2 Å². The van der Waals surface area contributed by atoms with Gasteiger partial charge >= 0.3 is 5.97 Å². The van der Waals surface area contributed by atoms with Crippen LogP contribution >= 0.6 is 23.2 Å². The minimum Gasteiger partial charge on any atom is -0.449 e. The van der Waals surface area contributed by atoms with Gasteiger partial charge in [-0.25, -0.2) is 4.79 Å². The van der Waals surface area contributed by atoms with E-state index in [-0.39, 0.29) is 16.5 Å². The second-order valence-electron chi connectivity index (χ2n) is 4.98. The third kappa shape index (κ3) is 3.58. The van der Waals surface area contributed by atoms with Crippen LogP contribution in [0.15, 0.2) is 52.9 Å². The molecule has 0 aliphatic heterocycles. The van der Waals surface area contributed by atoms with E-state index in [0.717, 1.165) is 5.56 Å². The maximum atomic E-state index is 12.2. The Hall–Kier alpha value is -2.37. The van der Waals surface area contributed by atoms with Crippen molar-refractivity contribution in [1.82, 2.24) is 10.2 Å². The average molecular weight is 363 g/mol. The summed E-state index contributed by atoms with van der Waals surface area (Å²) in [6, 6.07) is 13.9. The van der Waals surface area contributed by atoms with Gasteiger partial charge in [0.15, 0.2) is 6.10 Å². The van der Waals surface area contributed by atoms with Gasteiger partial charge in [0.25, 0.3) is 5.89 Å². The van der Waals surface area contributed by atoms with Crippen molar-refractivity contribution in [2.75, 3.05) is 0 Å². The van der Waals surface area contributed by atoms with Crippen LogP contribution in [0.5, 0.6) is 0 Å². The quantitative estimate of drug-likeness (QED) is 0.613. The highest BCUT2D eigenvalue weighted by Gasteiger charge is 2.21. The second kappa shape index (κ2) is 7.03. The van der Waals surface area contributed by atoms with Gasteiger partial charge in [-0.3, -0.25) is 0 Å². The van der Waals surface area contributed by atoms with E-state index in [4.69, 9.17) is 32.4 Å². The van der Waals surface area contributed by atoms with Gasteiger partial charge in [-0.15, -0.1) is 10.2 Å². The Labute approximate surface area is 148 Å². The van der Waals surface area contributed by atoms with E-state index in [1.807, 2.05) is 30.3 Å². The largest absolute Gasteiger partial charge is 0.449 e. The zero-order chi connectivity index (χ0) is 17.1. The predicted octanol–water partition coefficient (Wildman–Crippen LogP) is 4.96. The zero-order valence-corrected chi connectivity index (χ0v) is 14.1. The molecular formula is C17H12Cl2N2O3. The number of halogens is 2. The van der Waals surface area contributed by atoms with Gasteiger partial charge in [-0.05, 0) is 37.3 Å². The van der Waals surface area contributed by atoms with Gasteiger partial charge in [0.05, 0.1) is 10.6 Å². The van der Waals surface area contributed by atoms with Gasteiger partial charge in [0.2, 0.25) is 5.89 Å². The van der Waals surface area contributed by atoms with Gasteiger partial charge in [0, 0.05) is 10.6 Å². The Balaban J connectivity index is 1.75. The highest BCUT2D eigenvalue weighted by atomic mass is 35.5. The summed E-state index contributed by atoms with van der Waals surface area (Å²) >= 11 is 11.9. The van der Waals surface area contributed by atoms with Crippen LogP contribution in [-0.4, -0.2) is 16.2 Å². The molecule has 2 aromatic carbocycles. The third-order valence-corrected chi connectivity index (χ3v) is 3.81. The minimum atomic E-state index is -0.725. The lowest BCUT2D eigenvalue weighted by Crippen LogP contribution is -2.10. The Morgan fingerprint density at radius 3 is 2.62 bits per heavy atom. The summed E-state index contributed by atoms with van der Waals surface area (Å²) in [6.45, 7) is 1.64. The Morgan fingerprint density at radius 2 is 1.88 bits per heavy atom. The van der Waals surface area contributed by atoms with E-state index in [0.29, 0.717) is 10.9 Å². The summed E-state index contributed by atoms with van der Waals surface area (Å²) in [6.07, 6.45) is -0.725. The summed E-state index contributed by atoms with van der Waals surface area (Å²) in [5.74, 6) is -0.0656. The van der Waals surface area contributed by atoms with Gasteiger partial charge in [-0.2, -0.15) is 0 Å². The number of benzene rings is 2. The molecule has 3 rings (SSSR count). The van der Waals surface area contributed by atoms with Crippen LogP contribution in [0.3, 0.4) is 0 Å². The van der Waals surface area contributed by atoms with Crippen LogP contribution in [-0.2, 0) is 4.74 Å². The Morgan fingerprint density at radius 1 is 1.12 bits per heavy atom. The molecule has 0 aliphatic rings. The van der Waals surface area contributed by atoms with Crippen molar-refractivity contribution in [3.63, 3.8) is 0 Å². The number of rotatable bonds is 4. The second-order valence-corrected chi connectivity index (χ2v) is 5.83. The summed E-state index contributed by atoms with van der Waals surface area (Å²) in [5, 5.41) is 8.54. The first kappa shape index (κ1) is 16.5. The molecule has 3 aromatic rings. The smallest absolute Gasteiger partial charge is 0.340 e. The molecule has 5 nitrogen and oxygen atoms in total. The molecular weight excluding hydrogens is 351 g/mol. The van der Waals surface area contributed by atoms with Crippen molar-refractivity contribution in [2.24, 2.45) is 0 Å². The minimum absolute atomic E-state index is 0.179. The molecule has 1 atom stereocenters. The lowest BCUT2D eigenvalue weighted by Gasteiger charge is -2.10. The molecule has 122 valence electrons. The van der Waals surface area contributed by atoms with Crippen LogP contribution < -0.4 is 0 Å². The molecule has 0 bridgehead atoms. The molecule has 0 radical (unpaired) electrons. The first-order chi connectivity index (χ1) is 11.5. The molecule has 0 fully saturated rings. The maximum absolute atomic E-state index is 12.2. The lowest BCUT2D eigenvalue weighted by molar-refractivity contribution is 0.0280. The lowest BCUT2D eigenvalue weighted by atomic mass is 10.2. The SMILES string of the molecule is CC(OC(=O)c1cc(Cl)ccc1Cl)c1nnc(-c2ccccc2)o1. The number of aromatic nitrogens is 2. The predicted molar refractivity (Wildman–Crippen MR) is 90.0 cm³/mol. The van der Waals surface area contributed by atoms with Gasteiger partial charge < -0.3 is 9.15 Å². The van der Waals surface area contributed by atoms with E-state index in [1.54, 1.807) is 13.0 Å². The molecule has 1 heterocycles. The van der Waals surface area contributed by atoms with E-state index in [1.165, 1.54) is 12.1 Å². The van der Waals surface area contributed by atoms with Crippen molar-refractivity contribution in [3.05, 3.63) is 70.0 Å². The topological polar surface area (TPSA) is 65.2 Å². The summed E-state index contributed by atoms with van der Waals surface area (Å²) in [5.41, 5.74) is 0.964. The number of ether oxygens (including phenoxy) is 1. The molecule has 0 saturated heterocycles. The van der Waals surface area contributed by atoms with Crippen LogP contribution in [0.2, 0.25) is 10.0 Å². The monoisotopic (exact) mass is 362 g/mol. The first-order valence-electron chi connectivity index (χ1n) is 7.09. The van der Waals surface area contributed by atoms with E-state index in [2.05, 4.69) is 10.2 Å². The number of carbonyl (C=O) groups is 1. The fourth-order valence-electron chi connectivity index (χ4n) is 2.02. The molecule has 0 spiro atoms. The average Bonchev–Trinajstić information content (AvgIpc) is 3.08. The number of carbonyl (C=O) groups excluding carboxylic acids is 1. The number of hydrogen-bond donors (Lipinski definition) is 0. The maximum Gasteiger partial charge on any atom is 0.340 e. The highest BCUT2D eigenvalue weighted by molar-refractivity contribution is 6.35. The Kier molecular flexibility index (Phi) is 4.83. The summed E-state index contributed by atoms with van der Waals surface area (Å²) < 4.78 is 10.9. The summed E-state index contributed by atoms with van der Waals surface area (Å²) in [7, 11) is 0. The van der Waals surface area contributed by atoms with Crippen molar-refractivity contribution in [2.45, 2.75) is 13.0 Å². The third-order valence-electron chi connectivity index (χ3n) is 3.24. The standard InChI is InChI=1S/C17H12Cl2N2O3/c1-10(23-17(22)13-9-12(18)7-8-14(13)19)15-20-21-16(24-15)11-5-3-2-4-6-11/h2-10H,1H3. The zero-order valence-electron chi connectivity index (χ0n) is 12.6. The molecule has 7 heteroatoms. The highest BCUT2D eigenvalue weighted by Crippen LogP contribution is 2.26. The van der Waals surface area contributed by atoms with E-state index >= 15 is 0 Å². The number of nitrogens with zero attached hydrogens (tertiary/aromatic N) is 2. The summed E-state index contributed by atoms with van der Waals surface area (Å²) in [4.78, 5) is 12.2. The van der Waals surface area contributed by atoms with Crippen LogP contribution in [0.1, 0.15) is 29.3 Å². The van der Waals surface area contributed by atoms with E-state index < -0.39 is 12.1 Å². The van der Waals surface area contributed by atoms with E-state index in [9.17, 15) is 4.79 Å². The molecule has 24 heavy (non-hydrogen) atoms. The van der Waals surface area contributed by atoms with Crippen molar-refractivity contribution < 1.29 is 13.9 Å². The molecule has 0 amide bonds. The van der Waals surface area contributed by atoms with Crippen LogP contribution in [0.25, 0.3) is 11.5 Å². The van der Waals surface area contributed by atoms with Crippen LogP contribution in [0.4, 0.5) is 0 Å². The molecule has 0 N–H and O–H groups in total. The molecule has 0 saturated carbocycles. The van der Waals surface area contributed by atoms with Gasteiger partial charge in [0.1, 0.15) is 0 Å². The van der Waals surface area contributed by atoms with Crippen molar-refractivity contribution in [1.29, 1.82) is 0 Å². The van der Waals surface area contributed by atoms with Gasteiger partial charge in [-0.1, -0.05) is 41.4 Å². The van der Waals surface area contributed by atoms with Crippen molar-refractivity contribution in [3.8, 4) is 11.5 Å². The Bertz CT molecular complexity index is 865. The normalized spacial score (nSPS) is 12.0. The molecule has 1 unspecified atom stereocenters. The first-order valence-corrected chi connectivity index (χ1v) is 7.85. The molecule has 0 aliphatic carbocycles. The number of hydrogen-bond acceptors (Lipinski definition) is 5. The fraction of sp³-hybridized carbons (Fsp3) is 0.118. The fourth-order valence-corrected chi connectivity index (χ4v) is 2.39. The van der Waals surface area contributed by atoms with Crippen LogP contribution in [0, 0.1) is 0 Å². The molecule has 1 aromatic heterocycles.